The summed E-state index contributed by atoms with van der Waals surface area (Å²) < 4.78 is 37.4. The Morgan fingerprint density at radius 1 is 1.11 bits per heavy atom. The first-order valence-corrected chi connectivity index (χ1v) is 6.96. The molecule has 2 fully saturated rings. The highest BCUT2D eigenvalue weighted by Gasteiger charge is 2.42. The topological polar surface area (TPSA) is 29.0 Å². The lowest BCUT2D eigenvalue weighted by atomic mass is 9.86. The van der Waals surface area contributed by atoms with Gasteiger partial charge in [0.15, 0.2) is 0 Å². The SMILES string of the molecule is FC(F)(F)c1nnc(N2CCC3(CCCC3)C2)s1. The van der Waals surface area contributed by atoms with Crippen LogP contribution in [0.2, 0.25) is 0 Å². The summed E-state index contributed by atoms with van der Waals surface area (Å²) >= 11 is 0.658. The average Bonchev–Trinajstić information content (AvgIpc) is 3.00. The van der Waals surface area contributed by atoms with Crippen molar-refractivity contribution in [3.8, 4) is 0 Å². The van der Waals surface area contributed by atoms with Gasteiger partial charge in [0.25, 0.3) is 0 Å². The van der Waals surface area contributed by atoms with Crippen LogP contribution < -0.4 is 4.90 Å². The maximum absolute atomic E-state index is 12.5. The van der Waals surface area contributed by atoms with Gasteiger partial charge >= 0.3 is 6.18 Å². The minimum Gasteiger partial charge on any atom is -0.346 e. The van der Waals surface area contributed by atoms with Crippen molar-refractivity contribution in [2.75, 3.05) is 18.0 Å². The van der Waals surface area contributed by atoms with E-state index in [1.54, 1.807) is 0 Å². The predicted octanol–water partition coefficient (Wildman–Crippen LogP) is 3.33. The molecule has 0 atom stereocenters. The highest BCUT2D eigenvalue weighted by atomic mass is 32.1. The Kier molecular flexibility index (Phi) is 2.76. The highest BCUT2D eigenvalue weighted by Crippen LogP contribution is 2.47. The monoisotopic (exact) mass is 277 g/mol. The van der Waals surface area contributed by atoms with E-state index in [4.69, 9.17) is 0 Å². The van der Waals surface area contributed by atoms with Crippen LogP contribution in [0, 0.1) is 5.41 Å². The molecule has 1 spiro atoms. The van der Waals surface area contributed by atoms with Gasteiger partial charge in [-0.25, -0.2) is 0 Å². The minimum atomic E-state index is -4.37. The van der Waals surface area contributed by atoms with Crippen molar-refractivity contribution < 1.29 is 13.2 Å². The molecule has 3 rings (SSSR count). The third kappa shape index (κ3) is 2.08. The molecule has 1 saturated heterocycles. The maximum Gasteiger partial charge on any atom is 0.445 e. The molecule has 1 aliphatic heterocycles. The number of hydrogen-bond acceptors (Lipinski definition) is 4. The molecule has 100 valence electrons. The van der Waals surface area contributed by atoms with Crippen molar-refractivity contribution >= 4 is 16.5 Å². The fraction of sp³-hybridized carbons (Fsp3) is 0.818. The van der Waals surface area contributed by atoms with Gasteiger partial charge in [0.05, 0.1) is 0 Å². The van der Waals surface area contributed by atoms with Gasteiger partial charge in [-0.15, -0.1) is 10.2 Å². The lowest BCUT2D eigenvalue weighted by Crippen LogP contribution is -2.24. The lowest BCUT2D eigenvalue weighted by molar-refractivity contribution is -0.138. The summed E-state index contributed by atoms with van der Waals surface area (Å²) in [6, 6.07) is 0. The van der Waals surface area contributed by atoms with Gasteiger partial charge in [-0.1, -0.05) is 24.2 Å². The molecule has 3 nitrogen and oxygen atoms in total. The molecular weight excluding hydrogens is 263 g/mol. The summed E-state index contributed by atoms with van der Waals surface area (Å²) in [5.74, 6) is 0. The molecule has 2 aliphatic rings. The van der Waals surface area contributed by atoms with Gasteiger partial charge in [0.1, 0.15) is 0 Å². The second-order valence-electron chi connectivity index (χ2n) is 5.27. The predicted molar refractivity (Wildman–Crippen MR) is 62.6 cm³/mol. The van der Waals surface area contributed by atoms with E-state index >= 15 is 0 Å². The Bertz CT molecular complexity index is 437. The maximum atomic E-state index is 12.5. The zero-order valence-corrected chi connectivity index (χ0v) is 10.7. The van der Waals surface area contributed by atoms with Crippen LogP contribution in [0.3, 0.4) is 0 Å². The van der Waals surface area contributed by atoms with E-state index < -0.39 is 11.2 Å². The molecule has 2 heterocycles. The van der Waals surface area contributed by atoms with Crippen molar-refractivity contribution in [2.24, 2.45) is 5.41 Å². The zero-order chi connectivity index (χ0) is 12.8. The van der Waals surface area contributed by atoms with E-state index in [2.05, 4.69) is 10.2 Å². The number of nitrogens with zero attached hydrogens (tertiary/aromatic N) is 3. The summed E-state index contributed by atoms with van der Waals surface area (Å²) in [5, 5.41) is 6.52. The first-order valence-electron chi connectivity index (χ1n) is 6.14. The molecule has 1 aromatic rings. The Balaban J connectivity index is 1.75. The van der Waals surface area contributed by atoms with Crippen LogP contribution in [0.4, 0.5) is 18.3 Å². The summed E-state index contributed by atoms with van der Waals surface area (Å²) in [5.41, 5.74) is 0.337. The van der Waals surface area contributed by atoms with Gasteiger partial charge < -0.3 is 4.90 Å². The van der Waals surface area contributed by atoms with E-state index in [0.717, 1.165) is 19.5 Å². The number of aromatic nitrogens is 2. The third-order valence-electron chi connectivity index (χ3n) is 4.03. The minimum absolute atomic E-state index is 0.337. The van der Waals surface area contributed by atoms with Crippen molar-refractivity contribution in [2.45, 2.75) is 38.3 Å². The van der Waals surface area contributed by atoms with Crippen molar-refractivity contribution in [3.05, 3.63) is 5.01 Å². The summed E-state index contributed by atoms with van der Waals surface area (Å²) in [7, 11) is 0. The number of hydrogen-bond donors (Lipinski definition) is 0. The van der Waals surface area contributed by atoms with Gasteiger partial charge in [-0.2, -0.15) is 13.2 Å². The van der Waals surface area contributed by atoms with E-state index in [1.165, 1.54) is 25.7 Å². The van der Waals surface area contributed by atoms with E-state index in [0.29, 0.717) is 21.9 Å². The van der Waals surface area contributed by atoms with Crippen LogP contribution >= 0.6 is 11.3 Å². The summed E-state index contributed by atoms with van der Waals surface area (Å²) in [6.07, 6.45) is 1.60. The van der Waals surface area contributed by atoms with Crippen LogP contribution in [0.5, 0.6) is 0 Å². The molecule has 0 N–H and O–H groups in total. The van der Waals surface area contributed by atoms with Crippen LogP contribution in [0.1, 0.15) is 37.1 Å². The quantitative estimate of drug-likeness (QED) is 0.788. The van der Waals surface area contributed by atoms with E-state index in [9.17, 15) is 13.2 Å². The summed E-state index contributed by atoms with van der Waals surface area (Å²) in [6.45, 7) is 1.66. The van der Waals surface area contributed by atoms with Crippen molar-refractivity contribution in [3.63, 3.8) is 0 Å². The van der Waals surface area contributed by atoms with Crippen LogP contribution in [0.15, 0.2) is 0 Å². The Labute approximate surface area is 107 Å². The smallest absolute Gasteiger partial charge is 0.346 e. The molecular formula is C11H14F3N3S. The molecule has 0 bridgehead atoms. The summed E-state index contributed by atoms with van der Waals surface area (Å²) in [4.78, 5) is 1.97. The number of alkyl halides is 3. The molecule has 7 heteroatoms. The second kappa shape index (κ2) is 4.08. The third-order valence-corrected chi connectivity index (χ3v) is 5.06. The number of halogens is 3. The largest absolute Gasteiger partial charge is 0.445 e. The van der Waals surface area contributed by atoms with E-state index in [1.807, 2.05) is 4.90 Å². The standard InChI is InChI=1S/C11H14F3N3S/c12-11(13,14)8-15-16-9(18-8)17-6-5-10(7-17)3-1-2-4-10/h1-7H2. The molecule has 0 aromatic carbocycles. The van der Waals surface area contributed by atoms with Gasteiger partial charge in [-0.05, 0) is 24.7 Å². The van der Waals surface area contributed by atoms with Crippen LogP contribution in [-0.2, 0) is 6.18 Å². The normalized spacial score (nSPS) is 23.2. The molecule has 1 saturated carbocycles. The van der Waals surface area contributed by atoms with Crippen molar-refractivity contribution in [1.82, 2.24) is 10.2 Å². The fourth-order valence-electron chi connectivity index (χ4n) is 3.09. The highest BCUT2D eigenvalue weighted by molar-refractivity contribution is 7.15. The molecule has 1 aliphatic carbocycles. The number of anilines is 1. The fourth-order valence-corrected chi connectivity index (χ4v) is 3.83. The van der Waals surface area contributed by atoms with Crippen LogP contribution in [0.25, 0.3) is 0 Å². The molecule has 18 heavy (non-hydrogen) atoms. The Morgan fingerprint density at radius 3 is 2.44 bits per heavy atom. The molecule has 0 radical (unpaired) electrons. The van der Waals surface area contributed by atoms with E-state index in [-0.39, 0.29) is 0 Å². The van der Waals surface area contributed by atoms with Crippen LogP contribution in [-0.4, -0.2) is 23.3 Å². The zero-order valence-electron chi connectivity index (χ0n) is 9.83. The second-order valence-corrected chi connectivity index (χ2v) is 6.22. The number of rotatable bonds is 1. The first kappa shape index (κ1) is 12.2. The lowest BCUT2D eigenvalue weighted by Gasteiger charge is -2.22. The molecule has 0 amide bonds. The molecule has 0 unspecified atom stereocenters. The first-order chi connectivity index (χ1) is 8.49. The van der Waals surface area contributed by atoms with Crippen molar-refractivity contribution in [1.29, 1.82) is 0 Å². The molecule has 1 aromatic heterocycles. The average molecular weight is 277 g/mol. The van der Waals surface area contributed by atoms with Gasteiger partial charge in [0, 0.05) is 13.1 Å². The Hall–Kier alpha value is -0.850. The van der Waals surface area contributed by atoms with Gasteiger partial charge in [0.2, 0.25) is 10.1 Å². The Morgan fingerprint density at radius 2 is 1.83 bits per heavy atom. The van der Waals surface area contributed by atoms with Gasteiger partial charge in [-0.3, -0.25) is 0 Å².